The molecule has 0 rings (SSSR count). The largest absolute Gasteiger partial charge is 0.291 e. The van der Waals surface area contributed by atoms with Crippen LogP contribution in [0, 0.1) is 0 Å². The third-order valence-electron chi connectivity index (χ3n) is 0.714. The summed E-state index contributed by atoms with van der Waals surface area (Å²) < 4.78 is 0. The van der Waals surface area contributed by atoms with Crippen LogP contribution in [0.2, 0.25) is 0 Å². The van der Waals surface area contributed by atoms with Crippen LogP contribution in [0.25, 0.3) is 0 Å². The molecule has 0 unspecified atom stereocenters. The zero-order chi connectivity index (χ0) is 5.86. The van der Waals surface area contributed by atoms with Crippen LogP contribution >= 0.6 is 0 Å². The molecule has 1 radical (unpaired) electrons. The fourth-order valence-corrected chi connectivity index (χ4v) is 0.249. The van der Waals surface area contributed by atoms with Crippen molar-refractivity contribution in [3.05, 3.63) is 0 Å². The van der Waals surface area contributed by atoms with Crippen molar-refractivity contribution in [3.8, 4) is 0 Å². The first-order valence-corrected chi connectivity index (χ1v) is 2.22. The molecule has 0 aliphatic carbocycles. The summed E-state index contributed by atoms with van der Waals surface area (Å²) in [5, 5.41) is 0. The molecule has 3 heteroatoms. The first-order valence-electron chi connectivity index (χ1n) is 2.22. The number of carbonyl (C=O) groups excluding carboxylic acids is 2. The van der Waals surface area contributed by atoms with Gasteiger partial charge in [0.2, 0.25) is 0 Å². The van der Waals surface area contributed by atoms with Crippen LogP contribution in [0.3, 0.4) is 0 Å². The molecule has 0 heterocycles. The number of ketones is 2. The molecular weight excluding hydrogens is 195 g/mol. The van der Waals surface area contributed by atoms with Crippen molar-refractivity contribution >= 4 is 11.6 Å². The summed E-state index contributed by atoms with van der Waals surface area (Å²) in [5.74, 6) is -0.637. The third-order valence-corrected chi connectivity index (χ3v) is 0.714. The second-order valence-electron chi connectivity index (χ2n) is 1.33. The van der Waals surface area contributed by atoms with Crippen molar-refractivity contribution in [2.24, 2.45) is 0 Å². The quantitative estimate of drug-likeness (QED) is 0.485. The average Bonchev–Trinajstić information content (AvgIpc) is 1.65. The van der Waals surface area contributed by atoms with Gasteiger partial charge in [-0.2, -0.15) is 0 Å². The van der Waals surface area contributed by atoms with Crippen LogP contribution in [-0.2, 0) is 29.1 Å². The number of rotatable bonds is 2. The van der Waals surface area contributed by atoms with Gasteiger partial charge >= 0.3 is 0 Å². The predicted octanol–water partition coefficient (Wildman–Crippen LogP) is 0.552. The monoisotopic (exact) mass is 203 g/mol. The summed E-state index contributed by atoms with van der Waals surface area (Å²) in [4.78, 5) is 20.2. The standard InChI is InChI=1S/C5H8O2.Rh/c1-3-5(7)4(2)6;/h3H2,1-2H3;. The average molecular weight is 203 g/mol. The second-order valence-corrected chi connectivity index (χ2v) is 1.33. The molecule has 8 heavy (non-hydrogen) atoms. The molecule has 0 atom stereocenters. The van der Waals surface area contributed by atoms with Crippen molar-refractivity contribution in [1.82, 2.24) is 0 Å². The number of carbonyl (C=O) groups is 2. The van der Waals surface area contributed by atoms with Crippen molar-refractivity contribution < 1.29 is 29.1 Å². The van der Waals surface area contributed by atoms with E-state index in [-0.39, 0.29) is 31.0 Å². The Morgan fingerprint density at radius 2 is 1.75 bits per heavy atom. The van der Waals surface area contributed by atoms with E-state index in [0.29, 0.717) is 6.42 Å². The van der Waals surface area contributed by atoms with E-state index < -0.39 is 0 Å². The van der Waals surface area contributed by atoms with E-state index in [9.17, 15) is 9.59 Å². The van der Waals surface area contributed by atoms with Crippen LogP contribution < -0.4 is 0 Å². The van der Waals surface area contributed by atoms with Crippen molar-refractivity contribution in [2.45, 2.75) is 20.3 Å². The number of Topliss-reactive ketones (excluding diaryl/α,β-unsaturated/α-hetero) is 2. The normalized spacial score (nSPS) is 7.25. The molecule has 0 aromatic carbocycles. The van der Waals surface area contributed by atoms with Gasteiger partial charge in [-0.1, -0.05) is 6.92 Å². The van der Waals surface area contributed by atoms with Crippen LogP contribution in [-0.4, -0.2) is 11.6 Å². The summed E-state index contributed by atoms with van der Waals surface area (Å²) in [6.07, 6.45) is 0.329. The van der Waals surface area contributed by atoms with Gasteiger partial charge in [-0.15, -0.1) is 0 Å². The van der Waals surface area contributed by atoms with E-state index in [4.69, 9.17) is 0 Å². The van der Waals surface area contributed by atoms with Gasteiger partial charge in [-0.3, -0.25) is 9.59 Å². The maximum Gasteiger partial charge on any atom is 0.197 e. The molecule has 0 aliphatic rings. The Bertz CT molecular complexity index is 98.6. The zero-order valence-electron chi connectivity index (χ0n) is 4.86. The molecule has 0 N–H and O–H groups in total. The molecule has 2 nitrogen and oxygen atoms in total. The molecule has 0 aromatic rings. The van der Waals surface area contributed by atoms with Crippen molar-refractivity contribution in [1.29, 1.82) is 0 Å². The summed E-state index contributed by atoms with van der Waals surface area (Å²) in [6.45, 7) is 2.95. The first kappa shape index (κ1) is 10.9. The Kier molecular flexibility index (Phi) is 6.93. The predicted molar refractivity (Wildman–Crippen MR) is 26.0 cm³/mol. The molecular formula is C5H8O2Rh. The Morgan fingerprint density at radius 3 is 1.75 bits per heavy atom. The summed E-state index contributed by atoms with van der Waals surface area (Å²) in [6, 6.07) is 0. The van der Waals surface area contributed by atoms with Crippen LogP contribution in [0.15, 0.2) is 0 Å². The van der Waals surface area contributed by atoms with Crippen molar-refractivity contribution in [2.75, 3.05) is 0 Å². The smallest absolute Gasteiger partial charge is 0.197 e. The molecule has 0 saturated carbocycles. The molecule has 0 bridgehead atoms. The van der Waals surface area contributed by atoms with Gasteiger partial charge in [0.25, 0.3) is 0 Å². The molecule has 0 aliphatic heterocycles. The fourth-order valence-electron chi connectivity index (χ4n) is 0.249. The maximum atomic E-state index is 10.2. The van der Waals surface area contributed by atoms with E-state index in [2.05, 4.69) is 0 Å². The third kappa shape index (κ3) is 4.13. The number of hydrogen-bond donors (Lipinski definition) is 0. The summed E-state index contributed by atoms with van der Waals surface area (Å²) >= 11 is 0. The van der Waals surface area contributed by atoms with Crippen LogP contribution in [0.5, 0.6) is 0 Å². The van der Waals surface area contributed by atoms with Gasteiger partial charge < -0.3 is 0 Å². The van der Waals surface area contributed by atoms with Gasteiger partial charge in [0.1, 0.15) is 0 Å². The molecule has 49 valence electrons. The van der Waals surface area contributed by atoms with Crippen LogP contribution in [0.1, 0.15) is 20.3 Å². The summed E-state index contributed by atoms with van der Waals surface area (Å²) in [7, 11) is 0. The van der Waals surface area contributed by atoms with Gasteiger partial charge in [0.15, 0.2) is 11.6 Å². The minimum absolute atomic E-state index is 0. The SMILES string of the molecule is CCC(=O)C(C)=O.[Rh]. The Balaban J connectivity index is 0. The Morgan fingerprint density at radius 1 is 1.38 bits per heavy atom. The molecule has 0 amide bonds. The molecule has 0 aromatic heterocycles. The zero-order valence-corrected chi connectivity index (χ0v) is 6.50. The van der Waals surface area contributed by atoms with E-state index in [1.807, 2.05) is 0 Å². The van der Waals surface area contributed by atoms with E-state index >= 15 is 0 Å². The van der Waals surface area contributed by atoms with E-state index in [1.54, 1.807) is 6.92 Å². The van der Waals surface area contributed by atoms with Gasteiger partial charge in [0, 0.05) is 32.8 Å². The van der Waals surface area contributed by atoms with Crippen LogP contribution in [0.4, 0.5) is 0 Å². The topological polar surface area (TPSA) is 34.1 Å². The van der Waals surface area contributed by atoms with Gasteiger partial charge in [-0.25, -0.2) is 0 Å². The Labute approximate surface area is 61.4 Å². The first-order chi connectivity index (χ1) is 3.18. The van der Waals surface area contributed by atoms with Gasteiger partial charge in [0.05, 0.1) is 0 Å². The Hall–Kier alpha value is -0.0366. The van der Waals surface area contributed by atoms with E-state index in [0.717, 1.165) is 0 Å². The molecule has 0 fully saturated rings. The second kappa shape index (κ2) is 5.11. The minimum Gasteiger partial charge on any atom is -0.291 e. The molecule has 0 spiro atoms. The van der Waals surface area contributed by atoms with Crippen molar-refractivity contribution in [3.63, 3.8) is 0 Å². The minimum atomic E-state index is -0.345. The summed E-state index contributed by atoms with van der Waals surface area (Å²) in [5.41, 5.74) is 0. The van der Waals surface area contributed by atoms with E-state index in [1.165, 1.54) is 6.92 Å². The maximum absolute atomic E-state index is 10.2. The van der Waals surface area contributed by atoms with Gasteiger partial charge in [-0.05, 0) is 0 Å². The fraction of sp³-hybridized carbons (Fsp3) is 0.600. The number of hydrogen-bond acceptors (Lipinski definition) is 2. The molecule has 0 saturated heterocycles.